The quantitative estimate of drug-likeness (QED) is 0.652. The van der Waals surface area contributed by atoms with Crippen LogP contribution in [0.15, 0.2) is 42.6 Å². The molecule has 0 saturated heterocycles. The Morgan fingerprint density at radius 3 is 2.84 bits per heavy atom. The Labute approximate surface area is 111 Å². The molecule has 3 N–H and O–H groups in total. The van der Waals surface area contributed by atoms with Crippen LogP contribution in [0.3, 0.4) is 0 Å². The molecule has 0 atom stereocenters. The van der Waals surface area contributed by atoms with Crippen molar-refractivity contribution in [2.24, 2.45) is 5.73 Å². The minimum absolute atomic E-state index is 0.0332. The number of benzene rings is 1. The van der Waals surface area contributed by atoms with E-state index in [1.165, 1.54) is 12.1 Å². The number of nitrogens with one attached hydrogen (secondary N) is 1. The topological polar surface area (TPSA) is 66.0 Å². The average molecular weight is 258 g/mol. The molecule has 0 aliphatic heterocycles. The lowest BCUT2D eigenvalue weighted by molar-refractivity contribution is 0.625. The highest BCUT2D eigenvalue weighted by molar-refractivity contribution is 5.99. The third-order valence-electron chi connectivity index (χ3n) is 2.75. The summed E-state index contributed by atoms with van der Waals surface area (Å²) in [5.74, 6) is 0.312. The van der Waals surface area contributed by atoms with Gasteiger partial charge >= 0.3 is 0 Å². The fraction of sp³-hybridized carbons (Fsp3) is 0.143. The van der Waals surface area contributed by atoms with Gasteiger partial charge in [-0.15, -0.1) is 0 Å². The molecule has 98 valence electrons. The first-order valence-electron chi connectivity index (χ1n) is 5.83. The molecule has 0 fully saturated rings. The number of anilines is 1. The fourth-order valence-electron chi connectivity index (χ4n) is 1.90. The number of nitrogen functional groups attached to an aromatic ring is 1. The van der Waals surface area contributed by atoms with Crippen molar-refractivity contribution < 1.29 is 4.39 Å². The molecule has 4 nitrogen and oxygen atoms in total. The Hall–Kier alpha value is -2.43. The zero-order valence-electron chi connectivity index (χ0n) is 10.6. The van der Waals surface area contributed by atoms with Crippen LogP contribution in [0.1, 0.15) is 11.1 Å². The Morgan fingerprint density at radius 2 is 2.16 bits per heavy atom. The number of hydrogen-bond acceptors (Lipinski definition) is 3. The van der Waals surface area contributed by atoms with Crippen molar-refractivity contribution in [1.29, 1.82) is 5.41 Å². The van der Waals surface area contributed by atoms with Crippen LogP contribution in [0.5, 0.6) is 0 Å². The summed E-state index contributed by atoms with van der Waals surface area (Å²) in [4.78, 5) is 6.07. The van der Waals surface area contributed by atoms with Crippen molar-refractivity contribution in [3.63, 3.8) is 0 Å². The van der Waals surface area contributed by atoms with E-state index in [-0.39, 0.29) is 11.7 Å². The molecule has 0 saturated carbocycles. The number of amidine groups is 1. The minimum Gasteiger partial charge on any atom is -0.384 e. The van der Waals surface area contributed by atoms with E-state index >= 15 is 0 Å². The first-order chi connectivity index (χ1) is 9.08. The molecule has 0 spiro atoms. The summed E-state index contributed by atoms with van der Waals surface area (Å²) in [6.45, 7) is 0.495. The summed E-state index contributed by atoms with van der Waals surface area (Å²) >= 11 is 0. The van der Waals surface area contributed by atoms with Crippen molar-refractivity contribution >= 4 is 11.7 Å². The molecule has 19 heavy (non-hydrogen) atoms. The van der Waals surface area contributed by atoms with E-state index in [0.29, 0.717) is 17.9 Å². The number of rotatable bonds is 4. The Balaban J connectivity index is 2.25. The standard InChI is InChI=1S/C14H15FN4/c1-19(9-10-4-2-5-11(15)8-10)14-12(13(16)17)6-3-7-18-14/h2-8H,9H2,1H3,(H3,16,17). The molecule has 0 unspecified atom stereocenters. The van der Waals surface area contributed by atoms with Crippen LogP contribution >= 0.6 is 0 Å². The van der Waals surface area contributed by atoms with Crippen LogP contribution < -0.4 is 10.6 Å². The minimum atomic E-state index is -0.265. The van der Waals surface area contributed by atoms with Crippen LogP contribution in [-0.4, -0.2) is 17.9 Å². The Morgan fingerprint density at radius 1 is 1.37 bits per heavy atom. The normalized spacial score (nSPS) is 10.2. The van der Waals surface area contributed by atoms with E-state index in [2.05, 4.69) is 4.98 Å². The number of pyridine rings is 1. The molecule has 0 radical (unpaired) electrons. The SMILES string of the molecule is CN(Cc1cccc(F)c1)c1ncccc1C(=N)N. The van der Waals surface area contributed by atoms with Gasteiger partial charge in [-0.1, -0.05) is 12.1 Å². The van der Waals surface area contributed by atoms with E-state index in [1.807, 2.05) is 18.0 Å². The molecule has 1 aromatic carbocycles. The molecule has 0 amide bonds. The van der Waals surface area contributed by atoms with Gasteiger partial charge in [0, 0.05) is 19.8 Å². The molecule has 0 aliphatic rings. The highest BCUT2D eigenvalue weighted by atomic mass is 19.1. The van der Waals surface area contributed by atoms with Gasteiger partial charge in [0.2, 0.25) is 0 Å². The second-order valence-corrected chi connectivity index (χ2v) is 4.27. The monoisotopic (exact) mass is 258 g/mol. The van der Waals surface area contributed by atoms with Gasteiger partial charge in [0.05, 0.1) is 5.56 Å². The fourth-order valence-corrected chi connectivity index (χ4v) is 1.90. The molecule has 5 heteroatoms. The number of hydrogen-bond donors (Lipinski definition) is 2. The predicted molar refractivity (Wildman–Crippen MR) is 73.8 cm³/mol. The predicted octanol–water partition coefficient (Wildman–Crippen LogP) is 2.14. The number of halogens is 1. The maximum Gasteiger partial charge on any atom is 0.139 e. The lowest BCUT2D eigenvalue weighted by Gasteiger charge is -2.20. The van der Waals surface area contributed by atoms with Crippen LogP contribution in [0, 0.1) is 11.2 Å². The molecular weight excluding hydrogens is 243 g/mol. The summed E-state index contributed by atoms with van der Waals surface area (Å²) in [6, 6.07) is 9.87. The van der Waals surface area contributed by atoms with Gasteiger partial charge in [-0.3, -0.25) is 5.41 Å². The van der Waals surface area contributed by atoms with Gasteiger partial charge in [-0.25, -0.2) is 9.37 Å². The van der Waals surface area contributed by atoms with Crippen LogP contribution in [0.2, 0.25) is 0 Å². The summed E-state index contributed by atoms with van der Waals surface area (Å²) in [6.07, 6.45) is 1.64. The van der Waals surface area contributed by atoms with Gasteiger partial charge in [0.1, 0.15) is 17.5 Å². The van der Waals surface area contributed by atoms with Gasteiger partial charge in [-0.05, 0) is 29.8 Å². The van der Waals surface area contributed by atoms with Gasteiger partial charge in [0.15, 0.2) is 0 Å². The molecular formula is C14H15FN4. The highest BCUT2D eigenvalue weighted by Crippen LogP contribution is 2.17. The maximum atomic E-state index is 13.1. The summed E-state index contributed by atoms with van der Waals surface area (Å²) in [5.41, 5.74) is 6.93. The van der Waals surface area contributed by atoms with Crippen LogP contribution in [-0.2, 0) is 6.54 Å². The van der Waals surface area contributed by atoms with E-state index in [0.717, 1.165) is 5.56 Å². The lowest BCUT2D eigenvalue weighted by Crippen LogP contribution is -2.23. The van der Waals surface area contributed by atoms with Crippen LogP contribution in [0.4, 0.5) is 10.2 Å². The number of nitrogens with two attached hydrogens (primary N) is 1. The Kier molecular flexibility index (Phi) is 3.75. The highest BCUT2D eigenvalue weighted by Gasteiger charge is 2.11. The second kappa shape index (κ2) is 5.48. The van der Waals surface area contributed by atoms with Crippen molar-refractivity contribution in [2.75, 3.05) is 11.9 Å². The third kappa shape index (κ3) is 3.07. The van der Waals surface area contributed by atoms with E-state index in [4.69, 9.17) is 11.1 Å². The molecule has 2 rings (SSSR count). The third-order valence-corrected chi connectivity index (χ3v) is 2.75. The largest absolute Gasteiger partial charge is 0.384 e. The average Bonchev–Trinajstić information content (AvgIpc) is 2.38. The molecule has 1 aromatic heterocycles. The summed E-state index contributed by atoms with van der Waals surface area (Å²) < 4.78 is 13.1. The number of nitrogens with zero attached hydrogens (tertiary/aromatic N) is 2. The maximum absolute atomic E-state index is 13.1. The zero-order valence-corrected chi connectivity index (χ0v) is 10.6. The van der Waals surface area contributed by atoms with Crippen molar-refractivity contribution in [3.8, 4) is 0 Å². The smallest absolute Gasteiger partial charge is 0.139 e. The summed E-state index contributed by atoms with van der Waals surface area (Å²) in [7, 11) is 1.83. The van der Waals surface area contributed by atoms with E-state index in [1.54, 1.807) is 24.4 Å². The van der Waals surface area contributed by atoms with Gasteiger partial charge < -0.3 is 10.6 Å². The van der Waals surface area contributed by atoms with Gasteiger partial charge in [-0.2, -0.15) is 0 Å². The van der Waals surface area contributed by atoms with E-state index < -0.39 is 0 Å². The molecule has 1 heterocycles. The number of aromatic nitrogens is 1. The first-order valence-corrected chi connectivity index (χ1v) is 5.83. The molecule has 2 aromatic rings. The van der Waals surface area contributed by atoms with E-state index in [9.17, 15) is 4.39 Å². The molecule has 0 bridgehead atoms. The van der Waals surface area contributed by atoms with Crippen molar-refractivity contribution in [2.45, 2.75) is 6.54 Å². The zero-order chi connectivity index (χ0) is 13.8. The first kappa shape index (κ1) is 13.0. The van der Waals surface area contributed by atoms with Crippen molar-refractivity contribution in [1.82, 2.24) is 4.98 Å². The molecule has 0 aliphatic carbocycles. The van der Waals surface area contributed by atoms with Gasteiger partial charge in [0.25, 0.3) is 0 Å². The Bertz CT molecular complexity index is 598. The summed E-state index contributed by atoms with van der Waals surface area (Å²) in [5, 5.41) is 7.53. The second-order valence-electron chi connectivity index (χ2n) is 4.27. The lowest BCUT2D eigenvalue weighted by atomic mass is 10.2. The van der Waals surface area contributed by atoms with Crippen molar-refractivity contribution in [3.05, 3.63) is 59.5 Å². The van der Waals surface area contributed by atoms with Crippen LogP contribution in [0.25, 0.3) is 0 Å².